The number of hydrogen-bond acceptors (Lipinski definition) is 8. The second kappa shape index (κ2) is 12.7. The normalized spacial score (nSPS) is 12.0. The number of hydrogen-bond donors (Lipinski definition) is 3. The number of aliphatic hydroxyl groups is 1. The zero-order valence-corrected chi connectivity index (χ0v) is 23.1. The summed E-state index contributed by atoms with van der Waals surface area (Å²) in [6, 6.07) is 10.7. The van der Waals surface area contributed by atoms with E-state index in [0.29, 0.717) is 47.8 Å². The Hall–Kier alpha value is -4.23. The van der Waals surface area contributed by atoms with Crippen LogP contribution in [0.5, 0.6) is 11.5 Å². The standard InChI is InChI=1S/C29H30F4N4O5/c1-28(2,29(31,32)33)25-15-26(37-42-25)36-27(39)13-18-5-4-17(11-21(18)30)20-10-19-12-23(40-3)24(14-22(19)35-16-20)41-9-7-34-6-8-38/h4-5,10-12,14-16,34,38H,6-9,13H2,1-3H3,(H,36,37,39). The first-order valence-corrected chi connectivity index (χ1v) is 13.0. The molecule has 4 aromatic rings. The molecule has 0 atom stereocenters. The Morgan fingerprint density at radius 2 is 1.83 bits per heavy atom. The maximum absolute atomic E-state index is 15.0. The number of nitrogens with zero attached hydrogens (tertiary/aromatic N) is 2. The maximum atomic E-state index is 15.0. The van der Waals surface area contributed by atoms with Gasteiger partial charge in [-0.2, -0.15) is 13.2 Å². The van der Waals surface area contributed by atoms with Crippen molar-refractivity contribution < 1.29 is 41.5 Å². The molecule has 13 heteroatoms. The lowest BCUT2D eigenvalue weighted by atomic mass is 9.89. The van der Waals surface area contributed by atoms with Crippen molar-refractivity contribution in [2.24, 2.45) is 0 Å². The van der Waals surface area contributed by atoms with Crippen molar-refractivity contribution in [2.45, 2.75) is 31.9 Å². The first-order chi connectivity index (χ1) is 19.9. The molecule has 0 aliphatic rings. The molecule has 0 saturated heterocycles. The average Bonchev–Trinajstić information content (AvgIpc) is 3.41. The quantitative estimate of drug-likeness (QED) is 0.156. The van der Waals surface area contributed by atoms with E-state index >= 15 is 0 Å². The molecular weight excluding hydrogens is 560 g/mol. The van der Waals surface area contributed by atoms with Crippen LogP contribution in [0, 0.1) is 5.82 Å². The molecule has 0 spiro atoms. The third kappa shape index (κ3) is 6.97. The van der Waals surface area contributed by atoms with Crippen LogP contribution in [0.15, 0.2) is 53.2 Å². The summed E-state index contributed by atoms with van der Waals surface area (Å²) in [5.74, 6) is -0.967. The number of alkyl halides is 3. The van der Waals surface area contributed by atoms with Crippen molar-refractivity contribution in [3.63, 3.8) is 0 Å². The first-order valence-electron chi connectivity index (χ1n) is 13.0. The number of carbonyl (C=O) groups is 1. The van der Waals surface area contributed by atoms with E-state index in [2.05, 4.69) is 20.8 Å². The average molecular weight is 591 g/mol. The minimum atomic E-state index is -4.58. The predicted octanol–water partition coefficient (Wildman–Crippen LogP) is 5.02. The fourth-order valence-electron chi connectivity index (χ4n) is 4.00. The Morgan fingerprint density at radius 3 is 2.52 bits per heavy atom. The van der Waals surface area contributed by atoms with Crippen LogP contribution in [0.4, 0.5) is 23.4 Å². The maximum Gasteiger partial charge on any atom is 0.401 e. The van der Waals surface area contributed by atoms with Gasteiger partial charge < -0.3 is 29.7 Å². The van der Waals surface area contributed by atoms with E-state index < -0.39 is 29.1 Å². The van der Waals surface area contributed by atoms with Crippen LogP contribution in [0.1, 0.15) is 25.2 Å². The predicted molar refractivity (Wildman–Crippen MR) is 147 cm³/mol. The molecule has 0 aliphatic heterocycles. The zero-order chi connectivity index (χ0) is 30.5. The summed E-state index contributed by atoms with van der Waals surface area (Å²) in [7, 11) is 1.52. The van der Waals surface area contributed by atoms with Crippen LogP contribution in [-0.4, -0.2) is 60.7 Å². The molecule has 224 valence electrons. The Morgan fingerprint density at radius 1 is 1.05 bits per heavy atom. The number of fused-ring (bicyclic) bond motifs is 1. The fourth-order valence-corrected chi connectivity index (χ4v) is 4.00. The van der Waals surface area contributed by atoms with Gasteiger partial charge in [0.1, 0.15) is 17.8 Å². The van der Waals surface area contributed by atoms with Gasteiger partial charge in [0.15, 0.2) is 23.1 Å². The van der Waals surface area contributed by atoms with Gasteiger partial charge >= 0.3 is 6.18 Å². The topological polar surface area (TPSA) is 119 Å². The zero-order valence-electron chi connectivity index (χ0n) is 23.1. The molecule has 0 aliphatic carbocycles. The molecule has 4 rings (SSSR count). The number of methoxy groups -OCH3 is 1. The minimum Gasteiger partial charge on any atom is -0.493 e. The van der Waals surface area contributed by atoms with Crippen molar-refractivity contribution >= 4 is 22.6 Å². The summed E-state index contributed by atoms with van der Waals surface area (Å²) in [4.78, 5) is 16.9. The summed E-state index contributed by atoms with van der Waals surface area (Å²) in [5, 5.41) is 18.4. The lowest BCUT2D eigenvalue weighted by molar-refractivity contribution is -0.185. The summed E-state index contributed by atoms with van der Waals surface area (Å²) < 4.78 is 70.7. The molecule has 1 amide bonds. The van der Waals surface area contributed by atoms with Gasteiger partial charge in [-0.1, -0.05) is 17.3 Å². The first kappa shape index (κ1) is 30.7. The largest absolute Gasteiger partial charge is 0.493 e. The van der Waals surface area contributed by atoms with Gasteiger partial charge in [-0.15, -0.1) is 0 Å². The smallest absolute Gasteiger partial charge is 0.401 e. The summed E-state index contributed by atoms with van der Waals surface area (Å²) in [6.45, 7) is 3.27. The lowest BCUT2D eigenvalue weighted by Crippen LogP contribution is -2.35. The van der Waals surface area contributed by atoms with Gasteiger partial charge in [0.2, 0.25) is 5.91 Å². The number of carbonyl (C=O) groups excluding carboxylic acids is 1. The molecule has 0 fully saturated rings. The number of amides is 1. The van der Waals surface area contributed by atoms with Gasteiger partial charge in [0.05, 0.1) is 25.7 Å². The van der Waals surface area contributed by atoms with Crippen LogP contribution in [0.25, 0.3) is 22.0 Å². The van der Waals surface area contributed by atoms with Crippen molar-refractivity contribution in [1.29, 1.82) is 0 Å². The molecule has 3 N–H and O–H groups in total. The molecule has 42 heavy (non-hydrogen) atoms. The van der Waals surface area contributed by atoms with Gasteiger partial charge in [-0.05, 0) is 43.2 Å². The van der Waals surface area contributed by atoms with E-state index in [4.69, 9.17) is 19.1 Å². The number of rotatable bonds is 12. The van der Waals surface area contributed by atoms with Gasteiger partial charge in [0, 0.05) is 42.4 Å². The van der Waals surface area contributed by atoms with E-state index in [-0.39, 0.29) is 24.4 Å². The van der Waals surface area contributed by atoms with Crippen molar-refractivity contribution in [3.8, 4) is 22.6 Å². The summed E-state index contributed by atoms with van der Waals surface area (Å²) in [5.41, 5.74) is -0.426. The van der Waals surface area contributed by atoms with Crippen LogP contribution in [0.2, 0.25) is 0 Å². The minimum absolute atomic E-state index is 0.0354. The molecule has 9 nitrogen and oxygen atoms in total. The van der Waals surface area contributed by atoms with Crippen LogP contribution < -0.4 is 20.1 Å². The second-order valence-electron chi connectivity index (χ2n) is 9.97. The molecule has 0 unspecified atom stereocenters. The molecule has 0 saturated carbocycles. The van der Waals surface area contributed by atoms with E-state index in [0.717, 1.165) is 25.3 Å². The number of aliphatic hydroxyl groups excluding tert-OH is 1. The number of halogens is 4. The van der Waals surface area contributed by atoms with Crippen molar-refractivity contribution in [2.75, 3.05) is 38.7 Å². The van der Waals surface area contributed by atoms with Crippen LogP contribution >= 0.6 is 0 Å². The monoisotopic (exact) mass is 590 g/mol. The molecule has 0 bridgehead atoms. The van der Waals surface area contributed by atoms with E-state index in [1.807, 2.05) is 6.07 Å². The van der Waals surface area contributed by atoms with E-state index in [1.54, 1.807) is 24.4 Å². The van der Waals surface area contributed by atoms with E-state index in [1.165, 1.54) is 19.2 Å². The van der Waals surface area contributed by atoms with Crippen LogP contribution in [-0.2, 0) is 16.6 Å². The highest BCUT2D eigenvalue weighted by molar-refractivity contribution is 5.91. The molecule has 0 radical (unpaired) electrons. The Bertz CT molecular complexity index is 1560. The Kier molecular flexibility index (Phi) is 9.32. The van der Waals surface area contributed by atoms with E-state index in [9.17, 15) is 22.4 Å². The van der Waals surface area contributed by atoms with Crippen molar-refractivity contribution in [1.82, 2.24) is 15.5 Å². The highest BCUT2D eigenvalue weighted by Gasteiger charge is 2.51. The SMILES string of the molecule is COc1cc2cc(-c3ccc(CC(=O)Nc4cc(C(C)(C)C(F)(F)F)on4)c(F)c3)cnc2cc1OCCNCCO. The highest BCUT2D eigenvalue weighted by atomic mass is 19.4. The van der Waals surface area contributed by atoms with Crippen molar-refractivity contribution in [3.05, 3.63) is 65.8 Å². The molecular formula is C29H30F4N4O5. The number of pyridine rings is 1. The Labute approximate surface area is 238 Å². The number of anilines is 1. The van der Waals surface area contributed by atoms with Crippen LogP contribution in [0.3, 0.4) is 0 Å². The molecule has 2 heterocycles. The lowest BCUT2D eigenvalue weighted by Gasteiger charge is -2.24. The van der Waals surface area contributed by atoms with Gasteiger partial charge in [-0.25, -0.2) is 4.39 Å². The number of ether oxygens (including phenoxy) is 2. The fraction of sp³-hybridized carbons (Fsp3) is 0.345. The number of benzene rings is 2. The molecule has 2 aromatic heterocycles. The van der Waals surface area contributed by atoms with Gasteiger partial charge in [0.25, 0.3) is 0 Å². The highest BCUT2D eigenvalue weighted by Crippen LogP contribution is 2.41. The number of nitrogens with one attached hydrogen (secondary N) is 2. The Balaban J connectivity index is 1.45. The third-order valence-electron chi connectivity index (χ3n) is 6.63. The summed E-state index contributed by atoms with van der Waals surface area (Å²) >= 11 is 0. The third-order valence-corrected chi connectivity index (χ3v) is 6.63. The number of aromatic nitrogens is 2. The molecule has 2 aromatic carbocycles. The summed E-state index contributed by atoms with van der Waals surface area (Å²) in [6.07, 6.45) is -3.36. The van der Waals surface area contributed by atoms with Gasteiger partial charge in [-0.3, -0.25) is 9.78 Å². The second-order valence-corrected chi connectivity index (χ2v) is 9.97.